The van der Waals surface area contributed by atoms with E-state index in [9.17, 15) is 0 Å². The van der Waals surface area contributed by atoms with Crippen LogP contribution >= 0.6 is 32.0 Å². The van der Waals surface area contributed by atoms with E-state index in [2.05, 4.69) is 11.7 Å². The molecule has 0 aromatic carbocycles. The van der Waals surface area contributed by atoms with Gasteiger partial charge in [0.2, 0.25) is 0 Å². The highest BCUT2D eigenvalue weighted by atomic mass is 32.2. The first-order valence-electron chi connectivity index (χ1n) is 4.70. The highest BCUT2D eigenvalue weighted by Gasteiger charge is 2.20. The van der Waals surface area contributed by atoms with Gasteiger partial charge in [0, 0.05) is 11.0 Å². The molecule has 1 unspecified atom stereocenters. The summed E-state index contributed by atoms with van der Waals surface area (Å²) in [4.78, 5) is 0. The molecule has 1 saturated heterocycles. The van der Waals surface area contributed by atoms with Crippen molar-refractivity contribution in [1.29, 1.82) is 0 Å². The van der Waals surface area contributed by atoms with Crippen molar-refractivity contribution in [1.82, 2.24) is 0 Å². The SMILES string of the molecule is CCOP(/N=C1\SCC(C)S1)OCC. The van der Waals surface area contributed by atoms with Gasteiger partial charge in [0.25, 0.3) is 0 Å². The first kappa shape index (κ1) is 12.8. The molecule has 0 bridgehead atoms. The van der Waals surface area contributed by atoms with Gasteiger partial charge in [-0.15, -0.1) is 0 Å². The molecule has 82 valence electrons. The maximum Gasteiger partial charge on any atom is 0.311 e. The summed E-state index contributed by atoms with van der Waals surface area (Å²) in [7, 11) is -1.04. The standard InChI is InChI=1S/C8H16NO2PS2/c1-4-10-12(11-5-2)9-8-13-6-7(3)14-8/h7H,4-6H2,1-3H3/b9-8+. The molecule has 0 saturated carbocycles. The Labute approximate surface area is 95.4 Å². The van der Waals surface area contributed by atoms with Gasteiger partial charge in [-0.3, -0.25) is 0 Å². The summed E-state index contributed by atoms with van der Waals surface area (Å²) >= 11 is 3.61. The lowest BCUT2D eigenvalue weighted by atomic mass is 10.6. The van der Waals surface area contributed by atoms with Crippen LogP contribution in [0, 0.1) is 0 Å². The highest BCUT2D eigenvalue weighted by molar-refractivity contribution is 8.42. The molecule has 0 radical (unpaired) electrons. The molecular weight excluding hydrogens is 237 g/mol. The van der Waals surface area contributed by atoms with Crippen molar-refractivity contribution in [2.45, 2.75) is 26.0 Å². The fourth-order valence-electron chi connectivity index (χ4n) is 0.864. The van der Waals surface area contributed by atoms with Gasteiger partial charge in [-0.2, -0.15) is 4.76 Å². The molecular formula is C8H16NO2PS2. The fourth-order valence-corrected chi connectivity index (χ4v) is 4.62. The van der Waals surface area contributed by atoms with E-state index in [1.807, 2.05) is 25.6 Å². The van der Waals surface area contributed by atoms with E-state index in [1.54, 1.807) is 11.8 Å². The van der Waals surface area contributed by atoms with Crippen LogP contribution < -0.4 is 0 Å². The summed E-state index contributed by atoms with van der Waals surface area (Å²) in [6.45, 7) is 7.46. The number of thioether (sulfide) groups is 2. The Kier molecular flexibility index (Phi) is 6.46. The maximum absolute atomic E-state index is 5.41. The lowest BCUT2D eigenvalue weighted by Crippen LogP contribution is -1.91. The average Bonchev–Trinajstić information content (AvgIpc) is 2.52. The number of rotatable bonds is 5. The Bertz CT molecular complexity index is 198. The third-order valence-corrected chi connectivity index (χ3v) is 5.70. The third kappa shape index (κ3) is 4.49. The van der Waals surface area contributed by atoms with Crippen molar-refractivity contribution in [3.63, 3.8) is 0 Å². The number of hydrogen-bond donors (Lipinski definition) is 0. The number of hydrogen-bond acceptors (Lipinski definition) is 5. The van der Waals surface area contributed by atoms with E-state index >= 15 is 0 Å². The second-order valence-electron chi connectivity index (χ2n) is 2.68. The van der Waals surface area contributed by atoms with Crippen molar-refractivity contribution in [3.05, 3.63) is 0 Å². The van der Waals surface area contributed by atoms with Crippen LogP contribution in [0.15, 0.2) is 4.76 Å². The Balaban J connectivity index is 2.43. The predicted molar refractivity (Wildman–Crippen MR) is 67.1 cm³/mol. The smallest absolute Gasteiger partial charge is 0.311 e. The van der Waals surface area contributed by atoms with Gasteiger partial charge in [-0.05, 0) is 13.8 Å². The average molecular weight is 253 g/mol. The van der Waals surface area contributed by atoms with Crippen LogP contribution in [0.1, 0.15) is 20.8 Å². The first-order chi connectivity index (χ1) is 6.76. The zero-order valence-corrected chi connectivity index (χ0v) is 11.3. The van der Waals surface area contributed by atoms with Crippen LogP contribution in [0.2, 0.25) is 0 Å². The van der Waals surface area contributed by atoms with E-state index in [1.165, 1.54) is 0 Å². The summed E-state index contributed by atoms with van der Waals surface area (Å²) < 4.78 is 16.4. The quantitative estimate of drug-likeness (QED) is 0.701. The van der Waals surface area contributed by atoms with Crippen LogP contribution in [0.5, 0.6) is 0 Å². The van der Waals surface area contributed by atoms with Crippen molar-refractivity contribution >= 4 is 36.4 Å². The van der Waals surface area contributed by atoms with E-state index < -0.39 is 8.53 Å². The van der Waals surface area contributed by atoms with Crippen molar-refractivity contribution < 1.29 is 9.05 Å². The van der Waals surface area contributed by atoms with E-state index in [0.717, 1.165) is 10.1 Å². The molecule has 1 rings (SSSR count). The molecule has 3 nitrogen and oxygen atoms in total. The van der Waals surface area contributed by atoms with E-state index in [-0.39, 0.29) is 0 Å². The van der Waals surface area contributed by atoms with E-state index in [4.69, 9.17) is 9.05 Å². The van der Waals surface area contributed by atoms with Crippen molar-refractivity contribution in [2.24, 2.45) is 4.76 Å². The lowest BCUT2D eigenvalue weighted by molar-refractivity contribution is 0.270. The van der Waals surface area contributed by atoms with Gasteiger partial charge < -0.3 is 9.05 Å². The molecule has 0 aromatic rings. The molecule has 1 fully saturated rings. The van der Waals surface area contributed by atoms with Crippen LogP contribution in [0.25, 0.3) is 0 Å². The zero-order chi connectivity index (χ0) is 10.4. The van der Waals surface area contributed by atoms with E-state index in [0.29, 0.717) is 18.5 Å². The third-order valence-electron chi connectivity index (χ3n) is 1.39. The minimum Gasteiger partial charge on any atom is -0.317 e. The van der Waals surface area contributed by atoms with Crippen LogP contribution in [-0.4, -0.2) is 28.6 Å². The molecule has 6 heteroatoms. The monoisotopic (exact) mass is 253 g/mol. The van der Waals surface area contributed by atoms with Gasteiger partial charge in [0.1, 0.15) is 4.38 Å². The summed E-state index contributed by atoms with van der Waals surface area (Å²) in [5, 5.41) is 0.666. The summed E-state index contributed by atoms with van der Waals surface area (Å²) in [5.41, 5.74) is 0. The fraction of sp³-hybridized carbons (Fsp3) is 0.875. The zero-order valence-electron chi connectivity index (χ0n) is 8.73. The Morgan fingerprint density at radius 1 is 1.43 bits per heavy atom. The highest BCUT2D eigenvalue weighted by Crippen LogP contribution is 2.44. The molecule has 14 heavy (non-hydrogen) atoms. The first-order valence-corrected chi connectivity index (χ1v) is 7.69. The summed E-state index contributed by atoms with van der Waals surface area (Å²) in [6.07, 6.45) is 0. The van der Waals surface area contributed by atoms with Gasteiger partial charge in [0.05, 0.1) is 13.2 Å². The molecule has 1 atom stereocenters. The molecule has 1 aliphatic rings. The maximum atomic E-state index is 5.41. The van der Waals surface area contributed by atoms with Crippen LogP contribution in [0.3, 0.4) is 0 Å². The van der Waals surface area contributed by atoms with Crippen molar-refractivity contribution in [2.75, 3.05) is 19.0 Å². The molecule has 0 N–H and O–H groups in total. The Morgan fingerprint density at radius 2 is 2.07 bits per heavy atom. The van der Waals surface area contributed by atoms with Gasteiger partial charge in [0.15, 0.2) is 0 Å². The molecule has 1 heterocycles. The minimum atomic E-state index is -1.04. The van der Waals surface area contributed by atoms with Gasteiger partial charge in [-0.25, -0.2) is 0 Å². The van der Waals surface area contributed by atoms with Gasteiger partial charge >= 0.3 is 8.53 Å². The summed E-state index contributed by atoms with van der Waals surface area (Å²) in [6, 6.07) is 0. The molecule has 0 aromatic heterocycles. The molecule has 0 amide bonds. The normalized spacial score (nSPS) is 25.1. The summed E-state index contributed by atoms with van der Waals surface area (Å²) in [5.74, 6) is 1.14. The molecule has 0 aliphatic carbocycles. The Morgan fingerprint density at radius 3 is 2.50 bits per heavy atom. The topological polar surface area (TPSA) is 30.8 Å². The Hall–Kier alpha value is 0.720. The predicted octanol–water partition coefficient (Wildman–Crippen LogP) is 3.51. The molecule has 0 spiro atoms. The lowest BCUT2D eigenvalue weighted by Gasteiger charge is -2.10. The van der Waals surface area contributed by atoms with Crippen LogP contribution in [0.4, 0.5) is 0 Å². The second-order valence-corrected chi connectivity index (χ2v) is 6.57. The largest absolute Gasteiger partial charge is 0.317 e. The molecule has 1 aliphatic heterocycles. The van der Waals surface area contributed by atoms with Gasteiger partial charge in [-0.1, -0.05) is 30.4 Å². The van der Waals surface area contributed by atoms with Crippen molar-refractivity contribution in [3.8, 4) is 0 Å². The van der Waals surface area contributed by atoms with Crippen LogP contribution in [-0.2, 0) is 9.05 Å². The minimum absolute atomic E-state index is 0.660. The number of nitrogens with zero attached hydrogens (tertiary/aromatic N) is 1. The second kappa shape index (κ2) is 7.07.